The molecule has 0 bridgehead atoms. The summed E-state index contributed by atoms with van der Waals surface area (Å²) in [5, 5.41) is 17.2. The number of carbonyl (C=O) groups excluding carboxylic acids is 1. The lowest BCUT2D eigenvalue weighted by molar-refractivity contribution is -0.147. The van der Waals surface area contributed by atoms with E-state index in [1.165, 1.54) is 21.7 Å². The molecule has 0 aliphatic carbocycles. The Kier molecular flexibility index (Phi) is 3.82. The minimum Gasteiger partial charge on any atom is -0.481 e. The minimum atomic E-state index is -0.934. The lowest BCUT2D eigenvalue weighted by Crippen LogP contribution is -2.35. The van der Waals surface area contributed by atoms with Crippen molar-refractivity contribution in [2.45, 2.75) is 20.3 Å². The van der Waals surface area contributed by atoms with Crippen LogP contribution < -0.4 is 0 Å². The third-order valence-corrected chi connectivity index (χ3v) is 4.45. The van der Waals surface area contributed by atoms with Crippen molar-refractivity contribution in [3.63, 3.8) is 0 Å². The van der Waals surface area contributed by atoms with Crippen molar-refractivity contribution < 1.29 is 19.1 Å². The average Bonchev–Trinajstić information content (AvgIpc) is 3.12. The van der Waals surface area contributed by atoms with Crippen LogP contribution in [-0.2, 0) is 4.79 Å². The molecule has 1 aliphatic heterocycles. The summed E-state index contributed by atoms with van der Waals surface area (Å²) in [5.41, 5.74) is 0.359. The van der Waals surface area contributed by atoms with Gasteiger partial charge in [0.25, 0.3) is 5.91 Å². The van der Waals surface area contributed by atoms with Crippen molar-refractivity contribution in [3.05, 3.63) is 41.5 Å². The molecule has 1 amide bonds. The summed E-state index contributed by atoms with van der Waals surface area (Å²) < 4.78 is 14.5. The Bertz CT molecular complexity index is 802. The monoisotopic (exact) mass is 332 g/mol. The maximum absolute atomic E-state index is 13.0. The molecule has 7 nitrogen and oxygen atoms in total. The fourth-order valence-electron chi connectivity index (χ4n) is 2.81. The largest absolute Gasteiger partial charge is 0.481 e. The summed E-state index contributed by atoms with van der Waals surface area (Å²) in [6, 6.07) is 5.69. The predicted octanol–water partition coefficient (Wildman–Crippen LogP) is 1.65. The van der Waals surface area contributed by atoms with Gasteiger partial charge in [0.2, 0.25) is 0 Å². The van der Waals surface area contributed by atoms with Gasteiger partial charge in [-0.15, -0.1) is 5.10 Å². The van der Waals surface area contributed by atoms with Crippen molar-refractivity contribution in [2.24, 2.45) is 5.41 Å². The second-order valence-corrected chi connectivity index (χ2v) is 6.25. The van der Waals surface area contributed by atoms with Gasteiger partial charge in [-0.05, 0) is 44.5 Å². The zero-order chi connectivity index (χ0) is 17.5. The molecule has 1 saturated heterocycles. The maximum Gasteiger partial charge on any atom is 0.311 e. The Morgan fingerprint density at radius 3 is 2.54 bits per heavy atom. The van der Waals surface area contributed by atoms with Crippen LogP contribution in [-0.4, -0.2) is 50.0 Å². The van der Waals surface area contributed by atoms with E-state index in [0.717, 1.165) is 0 Å². The molecule has 0 spiro atoms. The molecule has 2 aromatic rings. The Hall–Kier alpha value is -2.77. The van der Waals surface area contributed by atoms with Crippen molar-refractivity contribution in [3.8, 4) is 5.69 Å². The minimum absolute atomic E-state index is 0.143. The normalized spacial score (nSPS) is 20.4. The van der Waals surface area contributed by atoms with Crippen LogP contribution in [0.15, 0.2) is 24.3 Å². The Morgan fingerprint density at radius 2 is 1.96 bits per heavy atom. The summed E-state index contributed by atoms with van der Waals surface area (Å²) in [7, 11) is 0. The fraction of sp³-hybridized carbons (Fsp3) is 0.375. The molecule has 0 radical (unpaired) electrons. The van der Waals surface area contributed by atoms with E-state index in [9.17, 15) is 19.1 Å². The first-order chi connectivity index (χ1) is 11.3. The summed E-state index contributed by atoms with van der Waals surface area (Å²) >= 11 is 0. The summed E-state index contributed by atoms with van der Waals surface area (Å²) in [5.74, 6) is -1.62. The summed E-state index contributed by atoms with van der Waals surface area (Å²) in [4.78, 5) is 25.4. The average molecular weight is 332 g/mol. The molecule has 24 heavy (non-hydrogen) atoms. The second-order valence-electron chi connectivity index (χ2n) is 6.25. The molecule has 1 aromatic carbocycles. The first kappa shape index (κ1) is 16.1. The number of rotatable bonds is 3. The van der Waals surface area contributed by atoms with Gasteiger partial charge in [0.05, 0.1) is 16.8 Å². The molecule has 1 N–H and O–H groups in total. The predicted molar refractivity (Wildman–Crippen MR) is 82.3 cm³/mol. The third kappa shape index (κ3) is 2.64. The highest BCUT2D eigenvalue weighted by Crippen LogP contribution is 2.31. The van der Waals surface area contributed by atoms with E-state index in [-0.39, 0.29) is 24.0 Å². The van der Waals surface area contributed by atoms with E-state index >= 15 is 0 Å². The van der Waals surface area contributed by atoms with Gasteiger partial charge in [-0.2, -0.15) is 0 Å². The van der Waals surface area contributed by atoms with Crippen LogP contribution in [0.3, 0.4) is 0 Å². The third-order valence-electron chi connectivity index (χ3n) is 4.45. The highest BCUT2D eigenvalue weighted by Gasteiger charge is 2.43. The first-order valence-electron chi connectivity index (χ1n) is 7.53. The van der Waals surface area contributed by atoms with E-state index < -0.39 is 11.4 Å². The molecule has 1 aromatic heterocycles. The van der Waals surface area contributed by atoms with Crippen LogP contribution in [0.25, 0.3) is 5.69 Å². The first-order valence-corrected chi connectivity index (χ1v) is 7.53. The lowest BCUT2D eigenvalue weighted by atomic mass is 9.90. The molecule has 1 atom stereocenters. The van der Waals surface area contributed by atoms with E-state index in [1.807, 2.05) is 0 Å². The van der Waals surface area contributed by atoms with Gasteiger partial charge < -0.3 is 10.0 Å². The number of aliphatic carboxylic acids is 1. The Labute approximate surface area is 137 Å². The molecule has 8 heteroatoms. The van der Waals surface area contributed by atoms with Gasteiger partial charge in [-0.1, -0.05) is 5.21 Å². The molecule has 0 saturated carbocycles. The number of carboxylic acids is 1. The van der Waals surface area contributed by atoms with Gasteiger partial charge >= 0.3 is 5.97 Å². The molecule has 1 fully saturated rings. The summed E-state index contributed by atoms with van der Waals surface area (Å²) in [6.07, 6.45) is 0.402. The van der Waals surface area contributed by atoms with Crippen molar-refractivity contribution in [1.29, 1.82) is 0 Å². The summed E-state index contributed by atoms with van der Waals surface area (Å²) in [6.45, 7) is 3.84. The topological polar surface area (TPSA) is 88.3 Å². The van der Waals surface area contributed by atoms with E-state index in [2.05, 4.69) is 10.3 Å². The van der Waals surface area contributed by atoms with Crippen molar-refractivity contribution in [1.82, 2.24) is 19.9 Å². The van der Waals surface area contributed by atoms with Crippen LogP contribution in [0.1, 0.15) is 29.5 Å². The van der Waals surface area contributed by atoms with E-state index in [1.54, 1.807) is 26.0 Å². The van der Waals surface area contributed by atoms with Crippen LogP contribution in [0, 0.1) is 18.2 Å². The smallest absolute Gasteiger partial charge is 0.311 e. The van der Waals surface area contributed by atoms with Crippen LogP contribution >= 0.6 is 0 Å². The Balaban J connectivity index is 1.85. The number of nitrogens with zero attached hydrogens (tertiary/aromatic N) is 4. The zero-order valence-electron chi connectivity index (χ0n) is 13.4. The van der Waals surface area contributed by atoms with Crippen LogP contribution in [0.5, 0.6) is 0 Å². The molecule has 3 rings (SSSR count). The number of benzene rings is 1. The molecule has 1 aliphatic rings. The van der Waals surface area contributed by atoms with Gasteiger partial charge in [0.1, 0.15) is 5.82 Å². The highest BCUT2D eigenvalue weighted by atomic mass is 19.1. The molecule has 1 unspecified atom stereocenters. The van der Waals surface area contributed by atoms with Gasteiger partial charge in [-0.3, -0.25) is 9.59 Å². The Morgan fingerprint density at radius 1 is 1.29 bits per heavy atom. The molecular formula is C16H17FN4O3. The van der Waals surface area contributed by atoms with Gasteiger partial charge in [-0.25, -0.2) is 9.07 Å². The highest BCUT2D eigenvalue weighted by molar-refractivity contribution is 5.94. The number of aromatic nitrogens is 3. The number of carboxylic acid groups (broad SMARTS) is 1. The van der Waals surface area contributed by atoms with E-state index in [4.69, 9.17) is 0 Å². The van der Waals surface area contributed by atoms with Crippen molar-refractivity contribution in [2.75, 3.05) is 13.1 Å². The maximum atomic E-state index is 13.0. The number of likely N-dealkylation sites (tertiary alicyclic amines) is 1. The number of hydrogen-bond acceptors (Lipinski definition) is 4. The number of halogens is 1. The zero-order valence-corrected chi connectivity index (χ0v) is 13.4. The standard InChI is InChI=1S/C16H17FN4O3/c1-10-13(14(22)20-8-7-16(2,9-20)15(23)24)18-19-21(10)12-5-3-11(17)4-6-12/h3-6H,7-9H2,1-2H3,(H,23,24). The number of hydrogen-bond donors (Lipinski definition) is 1. The number of amides is 1. The van der Waals surface area contributed by atoms with Crippen molar-refractivity contribution >= 4 is 11.9 Å². The number of carbonyl (C=O) groups is 2. The van der Waals surface area contributed by atoms with E-state index in [0.29, 0.717) is 24.3 Å². The fourth-order valence-corrected chi connectivity index (χ4v) is 2.81. The van der Waals surface area contributed by atoms with Gasteiger partial charge in [0.15, 0.2) is 5.69 Å². The second kappa shape index (κ2) is 5.70. The van der Waals surface area contributed by atoms with Crippen LogP contribution in [0.4, 0.5) is 4.39 Å². The van der Waals surface area contributed by atoms with Gasteiger partial charge in [0, 0.05) is 13.1 Å². The van der Waals surface area contributed by atoms with Crippen LogP contribution in [0.2, 0.25) is 0 Å². The molecular weight excluding hydrogens is 315 g/mol. The lowest BCUT2D eigenvalue weighted by Gasteiger charge is -2.19. The quantitative estimate of drug-likeness (QED) is 0.923. The molecule has 2 heterocycles. The SMILES string of the molecule is Cc1c(C(=O)N2CCC(C)(C(=O)O)C2)nnn1-c1ccc(F)cc1. The molecule has 126 valence electrons.